The maximum Gasteiger partial charge on any atom is 0.472 e. The van der Waals surface area contributed by atoms with E-state index in [9.17, 15) is 28.9 Å². The van der Waals surface area contributed by atoms with E-state index in [1.54, 1.807) is 0 Å². The van der Waals surface area contributed by atoms with Crippen molar-refractivity contribution < 1.29 is 52.2 Å². The Hall–Kier alpha value is -3.34. The molecule has 0 spiro atoms. The zero-order valence-corrected chi connectivity index (χ0v) is 52.2. The van der Waals surface area contributed by atoms with E-state index in [-0.39, 0.29) is 25.9 Å². The average Bonchev–Trinajstić information content (AvgIpc) is 3.45. The lowest BCUT2D eigenvalue weighted by atomic mass is 10.1. The largest absolute Gasteiger partial charge is 0.472 e. The van der Waals surface area contributed by atoms with Crippen LogP contribution >= 0.6 is 7.82 Å². The topological polar surface area (TPSA) is 155 Å². The van der Waals surface area contributed by atoms with Crippen LogP contribution in [0.5, 0.6) is 0 Å². The normalized spacial score (nSPS) is 13.8. The number of unbranched alkanes of at least 4 members (excludes halogenated alkanes) is 29. The minimum absolute atomic E-state index is 0.154. The van der Waals surface area contributed by atoms with Crippen LogP contribution in [0, 0.1) is 0 Å². The van der Waals surface area contributed by atoms with E-state index in [2.05, 4.69) is 106 Å². The number of aliphatic hydroxyl groups is 1. The Bertz CT molecular complexity index is 1670. The molecule has 0 rings (SSSR count). The van der Waals surface area contributed by atoms with Crippen molar-refractivity contribution in [3.8, 4) is 0 Å². The molecule has 80 heavy (non-hydrogen) atoms. The molecule has 0 amide bonds. The van der Waals surface area contributed by atoms with E-state index in [0.29, 0.717) is 19.3 Å². The van der Waals surface area contributed by atoms with Crippen molar-refractivity contribution in [2.45, 2.75) is 303 Å². The molecule has 0 aliphatic rings. The van der Waals surface area contributed by atoms with Crippen LogP contribution in [0.25, 0.3) is 0 Å². The SMILES string of the molecule is CC/C=C\C/C=C\C/C=C\CCCCCCCCCC(=O)OC(CO)COP(=O)(O)OCC(COC(=O)CCCCCCCCCCC/C=C\CCCCCCCC)OC(=O)CCCCCCCCC/C=C\C/C=C\C/C=C\CC. The summed E-state index contributed by atoms with van der Waals surface area (Å²) in [5, 5.41) is 9.86. The number of carbonyl (C=O) groups is 3. The second-order valence-corrected chi connectivity index (χ2v) is 23.0. The molecule has 0 aliphatic heterocycles. The highest BCUT2D eigenvalue weighted by Gasteiger charge is 2.28. The monoisotopic (exact) mass is 1140 g/mol. The third-order valence-electron chi connectivity index (χ3n) is 13.8. The zero-order chi connectivity index (χ0) is 58.3. The number of hydrogen-bond acceptors (Lipinski definition) is 10. The van der Waals surface area contributed by atoms with Crippen LogP contribution in [0.1, 0.15) is 290 Å². The molecule has 3 atom stereocenters. The van der Waals surface area contributed by atoms with Gasteiger partial charge in [-0.25, -0.2) is 4.57 Å². The van der Waals surface area contributed by atoms with Crippen molar-refractivity contribution in [1.29, 1.82) is 0 Å². The molecule has 462 valence electrons. The quantitative estimate of drug-likeness (QED) is 0.0197. The van der Waals surface area contributed by atoms with Gasteiger partial charge in [-0.2, -0.15) is 0 Å². The van der Waals surface area contributed by atoms with Gasteiger partial charge in [0.1, 0.15) is 12.7 Å². The predicted molar refractivity (Wildman–Crippen MR) is 334 cm³/mol. The summed E-state index contributed by atoms with van der Waals surface area (Å²) in [5.74, 6) is -1.48. The second-order valence-electron chi connectivity index (χ2n) is 21.5. The molecule has 11 nitrogen and oxygen atoms in total. The number of allylic oxidation sites excluding steroid dienone is 14. The molecule has 0 aromatic heterocycles. The van der Waals surface area contributed by atoms with Gasteiger partial charge in [-0.3, -0.25) is 23.4 Å². The van der Waals surface area contributed by atoms with Crippen LogP contribution in [0.3, 0.4) is 0 Å². The molecule has 0 radical (unpaired) electrons. The molecular weight excluding hydrogens is 1020 g/mol. The van der Waals surface area contributed by atoms with E-state index in [4.69, 9.17) is 23.3 Å². The van der Waals surface area contributed by atoms with Crippen molar-refractivity contribution in [2.24, 2.45) is 0 Å². The Kier molecular flexibility index (Phi) is 59.1. The maximum absolute atomic E-state index is 13.0. The predicted octanol–water partition coefficient (Wildman–Crippen LogP) is 19.8. The highest BCUT2D eigenvalue weighted by Crippen LogP contribution is 2.43. The molecule has 0 saturated heterocycles. The minimum Gasteiger partial charge on any atom is -0.462 e. The van der Waals surface area contributed by atoms with Gasteiger partial charge in [0.05, 0.1) is 19.8 Å². The lowest BCUT2D eigenvalue weighted by Gasteiger charge is -2.21. The number of aliphatic hydroxyl groups excluding tert-OH is 1. The van der Waals surface area contributed by atoms with Crippen molar-refractivity contribution in [3.05, 3.63) is 85.1 Å². The van der Waals surface area contributed by atoms with Gasteiger partial charge in [0.15, 0.2) is 6.10 Å². The first-order chi connectivity index (χ1) is 39.2. The van der Waals surface area contributed by atoms with Crippen LogP contribution in [0.15, 0.2) is 85.1 Å². The van der Waals surface area contributed by atoms with Crippen LogP contribution in [-0.2, 0) is 42.2 Å². The summed E-state index contributed by atoms with van der Waals surface area (Å²) in [6, 6.07) is 0. The average molecular weight is 1140 g/mol. The van der Waals surface area contributed by atoms with Gasteiger partial charge >= 0.3 is 25.7 Å². The Balaban J connectivity index is 4.70. The maximum atomic E-state index is 13.0. The van der Waals surface area contributed by atoms with Gasteiger partial charge in [-0.05, 0) is 109 Å². The number of carbonyl (C=O) groups excluding carboxylic acids is 3. The molecule has 0 aliphatic carbocycles. The number of ether oxygens (including phenoxy) is 3. The van der Waals surface area contributed by atoms with Crippen molar-refractivity contribution in [1.82, 2.24) is 0 Å². The Morgan fingerprint density at radius 3 is 1.01 bits per heavy atom. The fraction of sp³-hybridized carbons (Fsp3) is 0.750. The Labute approximate surface area is 490 Å². The van der Waals surface area contributed by atoms with E-state index in [1.807, 2.05) is 0 Å². The van der Waals surface area contributed by atoms with E-state index in [0.717, 1.165) is 128 Å². The fourth-order valence-electron chi connectivity index (χ4n) is 8.91. The van der Waals surface area contributed by atoms with Crippen LogP contribution in [0.2, 0.25) is 0 Å². The number of esters is 3. The van der Waals surface area contributed by atoms with Gasteiger partial charge < -0.3 is 24.2 Å². The summed E-state index contributed by atoms with van der Waals surface area (Å²) in [7, 11) is -4.76. The molecule has 0 aromatic carbocycles. The van der Waals surface area contributed by atoms with E-state index >= 15 is 0 Å². The van der Waals surface area contributed by atoms with Gasteiger partial charge in [-0.1, -0.05) is 247 Å². The minimum atomic E-state index is -4.76. The molecule has 3 unspecified atom stereocenters. The Morgan fingerprint density at radius 2 is 0.650 bits per heavy atom. The molecule has 12 heteroatoms. The summed E-state index contributed by atoms with van der Waals surface area (Å²) in [4.78, 5) is 48.8. The molecule has 0 saturated carbocycles. The first-order valence-corrected chi connectivity index (χ1v) is 34.0. The number of hydrogen-bond donors (Lipinski definition) is 2. The van der Waals surface area contributed by atoms with Gasteiger partial charge in [0.25, 0.3) is 0 Å². The van der Waals surface area contributed by atoms with Gasteiger partial charge in [0.2, 0.25) is 0 Å². The first-order valence-electron chi connectivity index (χ1n) is 32.5. The summed E-state index contributed by atoms with van der Waals surface area (Å²) in [6.07, 6.45) is 72.4. The van der Waals surface area contributed by atoms with E-state index < -0.39 is 57.8 Å². The third-order valence-corrected chi connectivity index (χ3v) is 14.7. The van der Waals surface area contributed by atoms with Crippen LogP contribution in [-0.4, -0.2) is 66.5 Å². The third kappa shape index (κ3) is 59.3. The summed E-state index contributed by atoms with van der Waals surface area (Å²) in [5.41, 5.74) is 0. The number of phosphoric ester groups is 1. The summed E-state index contributed by atoms with van der Waals surface area (Å²) in [6.45, 7) is 4.44. The number of rotatable bonds is 60. The summed E-state index contributed by atoms with van der Waals surface area (Å²) < 4.78 is 39.7. The lowest BCUT2D eigenvalue weighted by molar-refractivity contribution is -0.161. The molecule has 0 aromatic rings. The molecule has 0 heterocycles. The molecular formula is C68H119O11P. The number of phosphoric acid groups is 1. The van der Waals surface area contributed by atoms with Crippen LogP contribution < -0.4 is 0 Å². The molecule has 2 N–H and O–H groups in total. The van der Waals surface area contributed by atoms with Crippen molar-refractivity contribution in [2.75, 3.05) is 26.4 Å². The fourth-order valence-corrected chi connectivity index (χ4v) is 9.69. The second kappa shape index (κ2) is 61.7. The summed E-state index contributed by atoms with van der Waals surface area (Å²) >= 11 is 0. The van der Waals surface area contributed by atoms with Gasteiger partial charge in [0, 0.05) is 19.3 Å². The van der Waals surface area contributed by atoms with Crippen molar-refractivity contribution in [3.63, 3.8) is 0 Å². The molecule has 0 fully saturated rings. The standard InChI is InChI=1S/C68H119O11P/c1-4-7-10-13-16-19-22-25-28-31-32-35-36-39-42-45-48-51-54-57-66(70)75-61-65(79-68(72)59-56-53-50-47-44-41-38-34-30-27-24-21-18-15-12-9-6-3)63-77-80(73,74)76-62-64(60-69)78-67(71)58-55-52-49-46-43-40-37-33-29-26-23-20-17-14-11-8-5-2/h8-9,11-12,17-18,20-21,25-30,64-65,69H,4-7,10,13-16,19,22-24,31-63H2,1-3H3,(H,73,74)/b11-8-,12-9-,20-17-,21-18-,28-25-,29-26-,30-27-. The van der Waals surface area contributed by atoms with E-state index in [1.165, 1.54) is 103 Å². The lowest BCUT2D eigenvalue weighted by Crippen LogP contribution is -2.30. The smallest absolute Gasteiger partial charge is 0.462 e. The zero-order valence-electron chi connectivity index (χ0n) is 51.3. The van der Waals surface area contributed by atoms with Crippen molar-refractivity contribution >= 4 is 25.7 Å². The highest BCUT2D eigenvalue weighted by atomic mass is 31.2. The van der Waals surface area contributed by atoms with Crippen LogP contribution in [0.4, 0.5) is 0 Å². The Morgan fingerprint density at radius 1 is 0.362 bits per heavy atom. The first kappa shape index (κ1) is 76.7. The highest BCUT2D eigenvalue weighted by molar-refractivity contribution is 7.47. The van der Waals surface area contributed by atoms with Gasteiger partial charge in [-0.15, -0.1) is 0 Å². The molecule has 0 bridgehead atoms.